The Morgan fingerprint density at radius 1 is 0.920 bits per heavy atom. The molecule has 0 bridgehead atoms. The number of hydrogen-bond donors (Lipinski definition) is 3. The first-order chi connectivity index (χ1) is 11.3. The molecule has 0 unspecified atom stereocenters. The summed E-state index contributed by atoms with van der Waals surface area (Å²) in [5.41, 5.74) is 9.72. The highest BCUT2D eigenvalue weighted by Crippen LogP contribution is 2.18. The van der Waals surface area contributed by atoms with Crippen LogP contribution in [0.3, 0.4) is 0 Å². The van der Waals surface area contributed by atoms with Gasteiger partial charge in [-0.1, -0.05) is 6.07 Å². The molecule has 0 saturated heterocycles. The number of nitrogens with two attached hydrogens (primary N) is 1. The van der Waals surface area contributed by atoms with Crippen LogP contribution < -0.4 is 16.4 Å². The van der Waals surface area contributed by atoms with E-state index in [0.717, 1.165) is 11.1 Å². The summed E-state index contributed by atoms with van der Waals surface area (Å²) in [7, 11) is 0. The van der Waals surface area contributed by atoms with Crippen molar-refractivity contribution in [2.75, 3.05) is 11.1 Å². The number of nitrogen functional groups attached to an aromatic ring is 1. The molecule has 2 aromatic carbocycles. The largest absolute Gasteiger partial charge is 0.399 e. The molecule has 0 atom stereocenters. The lowest BCUT2D eigenvalue weighted by Crippen LogP contribution is -2.30. The lowest BCUT2D eigenvalue weighted by molar-refractivity contribution is 0.0942. The Labute approximate surface area is 154 Å². The maximum absolute atomic E-state index is 12.4. The third-order valence-electron chi connectivity index (χ3n) is 3.65. The van der Waals surface area contributed by atoms with Gasteiger partial charge in [-0.3, -0.25) is 9.59 Å². The predicted molar refractivity (Wildman–Crippen MR) is 105 cm³/mol. The number of halogens is 1. The minimum atomic E-state index is -0.224. The van der Waals surface area contributed by atoms with E-state index in [0.29, 0.717) is 22.5 Å². The fraction of sp³-hybridized carbons (Fsp3) is 0.263. The van der Waals surface area contributed by atoms with Gasteiger partial charge in [-0.25, -0.2) is 0 Å². The Bertz CT molecular complexity index is 788. The summed E-state index contributed by atoms with van der Waals surface area (Å²) < 4.78 is 0. The van der Waals surface area contributed by atoms with E-state index in [1.807, 2.05) is 33.8 Å². The van der Waals surface area contributed by atoms with Crippen LogP contribution in [0.1, 0.15) is 45.7 Å². The van der Waals surface area contributed by atoms with Crippen molar-refractivity contribution in [1.82, 2.24) is 5.32 Å². The average Bonchev–Trinajstić information content (AvgIpc) is 2.48. The summed E-state index contributed by atoms with van der Waals surface area (Å²) in [6.07, 6.45) is 0. The highest BCUT2D eigenvalue weighted by Gasteiger charge is 2.13. The molecule has 134 valence electrons. The fourth-order valence-corrected chi connectivity index (χ4v) is 2.42. The van der Waals surface area contributed by atoms with Crippen molar-refractivity contribution in [2.24, 2.45) is 0 Å². The van der Waals surface area contributed by atoms with Gasteiger partial charge in [0, 0.05) is 28.5 Å². The van der Waals surface area contributed by atoms with E-state index in [1.165, 1.54) is 0 Å². The van der Waals surface area contributed by atoms with Crippen molar-refractivity contribution in [3.05, 3.63) is 58.7 Å². The second-order valence-electron chi connectivity index (χ2n) is 6.19. The monoisotopic (exact) mass is 361 g/mol. The zero-order valence-electron chi connectivity index (χ0n) is 14.8. The summed E-state index contributed by atoms with van der Waals surface area (Å²) in [5.74, 6) is -0.342. The number of carbonyl (C=O) groups excluding carboxylic acids is 2. The molecule has 0 saturated carbocycles. The zero-order chi connectivity index (χ0) is 17.9. The van der Waals surface area contributed by atoms with Gasteiger partial charge in [-0.15, -0.1) is 12.4 Å². The Morgan fingerprint density at radius 3 is 2.20 bits per heavy atom. The van der Waals surface area contributed by atoms with Crippen LogP contribution >= 0.6 is 12.4 Å². The molecule has 6 heteroatoms. The van der Waals surface area contributed by atoms with Gasteiger partial charge in [0.1, 0.15) is 0 Å². The van der Waals surface area contributed by atoms with Gasteiger partial charge >= 0.3 is 0 Å². The first-order valence-electron chi connectivity index (χ1n) is 7.87. The van der Waals surface area contributed by atoms with Crippen molar-refractivity contribution >= 4 is 35.6 Å². The van der Waals surface area contributed by atoms with Gasteiger partial charge in [-0.05, 0) is 69.2 Å². The number of aryl methyl sites for hydroxylation is 2. The van der Waals surface area contributed by atoms with Gasteiger partial charge in [0.15, 0.2) is 0 Å². The van der Waals surface area contributed by atoms with E-state index < -0.39 is 0 Å². The first-order valence-corrected chi connectivity index (χ1v) is 7.87. The van der Waals surface area contributed by atoms with Crippen LogP contribution in [-0.4, -0.2) is 17.9 Å². The van der Waals surface area contributed by atoms with Crippen molar-refractivity contribution in [1.29, 1.82) is 0 Å². The van der Waals surface area contributed by atoms with Crippen LogP contribution in [0.2, 0.25) is 0 Å². The highest BCUT2D eigenvalue weighted by atomic mass is 35.5. The lowest BCUT2D eigenvalue weighted by atomic mass is 10.1. The Hall–Kier alpha value is -2.53. The van der Waals surface area contributed by atoms with E-state index in [9.17, 15) is 9.59 Å². The summed E-state index contributed by atoms with van der Waals surface area (Å²) in [4.78, 5) is 24.5. The summed E-state index contributed by atoms with van der Waals surface area (Å²) >= 11 is 0. The molecule has 2 rings (SSSR count). The van der Waals surface area contributed by atoms with Crippen molar-refractivity contribution in [3.8, 4) is 0 Å². The normalized spacial score (nSPS) is 10.1. The minimum Gasteiger partial charge on any atom is -0.399 e. The number of anilines is 2. The minimum absolute atomic E-state index is 0. The fourth-order valence-electron chi connectivity index (χ4n) is 2.42. The number of rotatable bonds is 4. The molecule has 0 aliphatic carbocycles. The molecule has 25 heavy (non-hydrogen) atoms. The van der Waals surface area contributed by atoms with Gasteiger partial charge in [-0.2, -0.15) is 0 Å². The number of hydrogen-bond acceptors (Lipinski definition) is 3. The standard InChI is InChI=1S/C19H23N3O2.ClH/c1-11(2)21-18(23)16-8-7-15(9-13(16)4)22-19(24)17-10-14(20)6-5-12(17)3;/h5-11H,20H2,1-4H3,(H,21,23)(H,22,24);1H. The Balaban J connectivity index is 0.00000312. The summed E-state index contributed by atoms with van der Waals surface area (Å²) in [5, 5.41) is 5.71. The third-order valence-corrected chi connectivity index (χ3v) is 3.65. The molecule has 4 N–H and O–H groups in total. The molecule has 5 nitrogen and oxygen atoms in total. The van der Waals surface area contributed by atoms with Gasteiger partial charge in [0.05, 0.1) is 0 Å². The van der Waals surface area contributed by atoms with E-state index in [1.54, 1.807) is 30.3 Å². The van der Waals surface area contributed by atoms with Gasteiger partial charge in [0.25, 0.3) is 11.8 Å². The number of benzene rings is 2. The number of carbonyl (C=O) groups is 2. The molecule has 0 aliphatic rings. The maximum atomic E-state index is 12.4. The SMILES string of the molecule is Cc1ccc(N)cc1C(=O)Nc1ccc(C(=O)NC(C)C)c(C)c1.Cl. The van der Waals surface area contributed by atoms with Crippen LogP contribution in [-0.2, 0) is 0 Å². The van der Waals surface area contributed by atoms with E-state index in [4.69, 9.17) is 5.73 Å². The third kappa shape index (κ3) is 5.22. The molecule has 0 radical (unpaired) electrons. The summed E-state index contributed by atoms with van der Waals surface area (Å²) in [6.45, 7) is 7.53. The maximum Gasteiger partial charge on any atom is 0.256 e. The van der Waals surface area contributed by atoms with Crippen LogP contribution in [0.25, 0.3) is 0 Å². The van der Waals surface area contributed by atoms with E-state index in [2.05, 4.69) is 10.6 Å². The van der Waals surface area contributed by atoms with Crippen LogP contribution in [0.15, 0.2) is 36.4 Å². The molecule has 2 amide bonds. The second-order valence-corrected chi connectivity index (χ2v) is 6.19. The summed E-state index contributed by atoms with van der Waals surface area (Å²) in [6, 6.07) is 10.5. The molecule has 0 heterocycles. The van der Waals surface area contributed by atoms with Crippen molar-refractivity contribution in [2.45, 2.75) is 33.7 Å². The second kappa shape index (κ2) is 8.53. The predicted octanol–water partition coefficient (Wildman–Crippen LogP) is 3.70. The molecule has 2 aromatic rings. The van der Waals surface area contributed by atoms with E-state index in [-0.39, 0.29) is 30.3 Å². The molecule has 0 spiro atoms. The topological polar surface area (TPSA) is 84.2 Å². The smallest absolute Gasteiger partial charge is 0.256 e. The number of nitrogens with one attached hydrogen (secondary N) is 2. The Kier molecular flexibility index (Phi) is 7.00. The van der Waals surface area contributed by atoms with Gasteiger partial charge in [0.2, 0.25) is 0 Å². The molecular weight excluding hydrogens is 338 g/mol. The highest BCUT2D eigenvalue weighted by molar-refractivity contribution is 6.06. The average molecular weight is 362 g/mol. The Morgan fingerprint density at radius 2 is 1.60 bits per heavy atom. The molecule has 0 aliphatic heterocycles. The van der Waals surface area contributed by atoms with Crippen LogP contribution in [0.5, 0.6) is 0 Å². The quantitative estimate of drug-likeness (QED) is 0.726. The number of amides is 2. The van der Waals surface area contributed by atoms with Crippen molar-refractivity contribution in [3.63, 3.8) is 0 Å². The first kappa shape index (κ1) is 20.5. The van der Waals surface area contributed by atoms with Crippen LogP contribution in [0.4, 0.5) is 11.4 Å². The van der Waals surface area contributed by atoms with Crippen molar-refractivity contribution < 1.29 is 9.59 Å². The molecular formula is C19H24ClN3O2. The molecule has 0 fully saturated rings. The zero-order valence-corrected chi connectivity index (χ0v) is 15.7. The van der Waals surface area contributed by atoms with Gasteiger partial charge < -0.3 is 16.4 Å². The molecule has 0 aromatic heterocycles. The van der Waals surface area contributed by atoms with Crippen LogP contribution in [0, 0.1) is 13.8 Å². The lowest BCUT2D eigenvalue weighted by Gasteiger charge is -2.13. The van der Waals surface area contributed by atoms with E-state index >= 15 is 0 Å².